The van der Waals surface area contributed by atoms with Gasteiger partial charge in [-0.15, -0.1) is 0 Å². The summed E-state index contributed by atoms with van der Waals surface area (Å²) >= 11 is 0. The maximum absolute atomic E-state index is 12.6. The summed E-state index contributed by atoms with van der Waals surface area (Å²) in [7, 11) is 0. The Balaban J connectivity index is 1.77. The highest BCUT2D eigenvalue weighted by molar-refractivity contribution is 5.84. The number of amides is 1. The lowest BCUT2D eigenvalue weighted by atomic mass is 10.0. The number of carboxylic acid groups (broad SMARTS) is 1. The van der Waals surface area contributed by atoms with Gasteiger partial charge in [0.25, 0.3) is 0 Å². The molecule has 2 aliphatic rings. The van der Waals surface area contributed by atoms with Crippen LogP contribution in [0.4, 0.5) is 0 Å². The number of hydrogen-bond acceptors (Lipinski definition) is 3. The van der Waals surface area contributed by atoms with Crippen LogP contribution in [-0.4, -0.2) is 47.7 Å². The number of carbonyl (C=O) groups is 2. The van der Waals surface area contributed by atoms with Crippen molar-refractivity contribution in [2.24, 2.45) is 16.7 Å². The molecule has 1 saturated heterocycles. The molecule has 0 bridgehead atoms. The summed E-state index contributed by atoms with van der Waals surface area (Å²) in [5, 5.41) is 8.59. The third-order valence-electron chi connectivity index (χ3n) is 5.69. The highest BCUT2D eigenvalue weighted by atomic mass is 16.5. The summed E-state index contributed by atoms with van der Waals surface area (Å²) in [4.78, 5) is 25.0. The number of nitrogens with zero attached hydrogens (tertiary/aromatic N) is 1. The Morgan fingerprint density at radius 2 is 1.67 bits per heavy atom. The van der Waals surface area contributed by atoms with E-state index in [1.807, 2.05) is 4.90 Å². The van der Waals surface area contributed by atoms with Crippen molar-refractivity contribution in [3.8, 4) is 0 Å². The molecule has 0 aromatic rings. The minimum absolute atomic E-state index is 0.0452. The van der Waals surface area contributed by atoms with Crippen molar-refractivity contribution in [2.75, 3.05) is 19.7 Å². The Bertz CT molecular complexity index is 408. The summed E-state index contributed by atoms with van der Waals surface area (Å²) in [6.45, 7) is 10.4. The van der Waals surface area contributed by atoms with Gasteiger partial charge in [0.05, 0.1) is 19.1 Å². The Labute approximate surface area is 126 Å². The number of carboxylic acids is 1. The van der Waals surface area contributed by atoms with E-state index in [1.165, 1.54) is 0 Å². The standard InChI is InChI=1S/C16H27NO4/c1-15(2)13(16(15,3)4)14(20)17-8-5-11(6-9-17)21-10-7-12(18)19/h11,13H,5-10H2,1-4H3,(H,18,19). The van der Waals surface area contributed by atoms with E-state index in [4.69, 9.17) is 9.84 Å². The van der Waals surface area contributed by atoms with Crippen LogP contribution in [0.15, 0.2) is 0 Å². The molecule has 1 N–H and O–H groups in total. The van der Waals surface area contributed by atoms with Gasteiger partial charge in [0, 0.05) is 19.0 Å². The van der Waals surface area contributed by atoms with Gasteiger partial charge in [-0.3, -0.25) is 9.59 Å². The van der Waals surface area contributed by atoms with E-state index >= 15 is 0 Å². The lowest BCUT2D eigenvalue weighted by Gasteiger charge is -2.32. The van der Waals surface area contributed by atoms with Crippen LogP contribution in [0.3, 0.4) is 0 Å². The van der Waals surface area contributed by atoms with E-state index in [0.717, 1.165) is 25.9 Å². The van der Waals surface area contributed by atoms with Crippen molar-refractivity contribution in [2.45, 2.75) is 53.1 Å². The summed E-state index contributed by atoms with van der Waals surface area (Å²) in [6, 6.07) is 0. The van der Waals surface area contributed by atoms with E-state index in [9.17, 15) is 9.59 Å². The van der Waals surface area contributed by atoms with Crippen molar-refractivity contribution in [3.63, 3.8) is 0 Å². The van der Waals surface area contributed by atoms with Gasteiger partial charge < -0.3 is 14.7 Å². The molecule has 0 unspecified atom stereocenters. The monoisotopic (exact) mass is 297 g/mol. The number of aliphatic carboxylic acids is 1. The van der Waals surface area contributed by atoms with E-state index in [0.29, 0.717) is 0 Å². The van der Waals surface area contributed by atoms with Gasteiger partial charge in [-0.1, -0.05) is 27.7 Å². The molecule has 21 heavy (non-hydrogen) atoms. The van der Waals surface area contributed by atoms with Gasteiger partial charge in [0.2, 0.25) is 5.91 Å². The molecular weight excluding hydrogens is 270 g/mol. The second-order valence-electron chi connectivity index (χ2n) is 7.42. The fourth-order valence-corrected chi connectivity index (χ4v) is 3.55. The fraction of sp³-hybridized carbons (Fsp3) is 0.875. The van der Waals surface area contributed by atoms with E-state index in [1.54, 1.807) is 0 Å². The quantitative estimate of drug-likeness (QED) is 0.844. The minimum atomic E-state index is -0.833. The maximum atomic E-state index is 12.6. The average Bonchev–Trinajstić information content (AvgIpc) is 2.79. The zero-order valence-corrected chi connectivity index (χ0v) is 13.5. The molecular formula is C16H27NO4. The van der Waals surface area contributed by atoms with Crippen LogP contribution < -0.4 is 0 Å². The normalized spacial score (nSPS) is 24.9. The molecule has 0 aromatic heterocycles. The van der Waals surface area contributed by atoms with Crippen LogP contribution in [0.1, 0.15) is 47.0 Å². The van der Waals surface area contributed by atoms with Crippen molar-refractivity contribution in [1.29, 1.82) is 0 Å². The number of piperidine rings is 1. The van der Waals surface area contributed by atoms with Gasteiger partial charge in [-0.05, 0) is 23.7 Å². The number of rotatable bonds is 5. The Morgan fingerprint density at radius 1 is 1.14 bits per heavy atom. The van der Waals surface area contributed by atoms with Crippen LogP contribution in [0.25, 0.3) is 0 Å². The first-order valence-corrected chi connectivity index (χ1v) is 7.80. The zero-order valence-electron chi connectivity index (χ0n) is 13.5. The van der Waals surface area contributed by atoms with E-state index < -0.39 is 5.97 Å². The second kappa shape index (κ2) is 5.59. The summed E-state index contributed by atoms with van der Waals surface area (Å²) in [6.07, 6.45) is 1.75. The third-order valence-corrected chi connectivity index (χ3v) is 5.69. The average molecular weight is 297 g/mol. The molecule has 1 amide bonds. The molecule has 0 spiro atoms. The summed E-state index contributed by atoms with van der Waals surface area (Å²) < 4.78 is 5.56. The van der Waals surface area contributed by atoms with Gasteiger partial charge >= 0.3 is 5.97 Å². The molecule has 2 fully saturated rings. The molecule has 1 aliphatic heterocycles. The molecule has 1 aliphatic carbocycles. The smallest absolute Gasteiger partial charge is 0.305 e. The Morgan fingerprint density at radius 3 is 2.10 bits per heavy atom. The lowest BCUT2D eigenvalue weighted by molar-refractivity contribution is -0.139. The molecule has 0 atom stereocenters. The number of ether oxygens (including phenoxy) is 1. The van der Waals surface area contributed by atoms with Gasteiger partial charge in [-0.2, -0.15) is 0 Å². The Kier molecular flexibility index (Phi) is 4.34. The molecule has 0 radical (unpaired) electrons. The largest absolute Gasteiger partial charge is 0.481 e. The minimum Gasteiger partial charge on any atom is -0.481 e. The van der Waals surface area contributed by atoms with Crippen molar-refractivity contribution < 1.29 is 19.4 Å². The predicted octanol–water partition coefficient (Wildman–Crippen LogP) is 2.15. The molecule has 5 heteroatoms. The van der Waals surface area contributed by atoms with Crippen LogP contribution in [0.2, 0.25) is 0 Å². The van der Waals surface area contributed by atoms with E-state index in [2.05, 4.69) is 27.7 Å². The highest BCUT2D eigenvalue weighted by Gasteiger charge is 2.68. The van der Waals surface area contributed by atoms with E-state index in [-0.39, 0.29) is 41.8 Å². The molecule has 2 rings (SSSR count). The molecule has 1 saturated carbocycles. The molecule has 0 aromatic carbocycles. The summed E-state index contributed by atoms with van der Waals surface area (Å²) in [5.74, 6) is -0.440. The fourth-order valence-electron chi connectivity index (χ4n) is 3.55. The Hall–Kier alpha value is -1.10. The molecule has 120 valence electrons. The zero-order chi connectivity index (χ0) is 15.8. The number of likely N-dealkylation sites (tertiary alicyclic amines) is 1. The van der Waals surface area contributed by atoms with Gasteiger partial charge in [0.15, 0.2) is 0 Å². The van der Waals surface area contributed by atoms with Crippen molar-refractivity contribution in [1.82, 2.24) is 4.90 Å². The van der Waals surface area contributed by atoms with Crippen molar-refractivity contribution in [3.05, 3.63) is 0 Å². The SMILES string of the molecule is CC1(C)C(C(=O)N2CCC(OCCC(=O)O)CC2)C1(C)C. The van der Waals surface area contributed by atoms with Crippen LogP contribution in [-0.2, 0) is 14.3 Å². The number of hydrogen-bond donors (Lipinski definition) is 1. The van der Waals surface area contributed by atoms with Gasteiger partial charge in [0.1, 0.15) is 0 Å². The highest BCUT2D eigenvalue weighted by Crippen LogP contribution is 2.68. The predicted molar refractivity (Wildman–Crippen MR) is 78.9 cm³/mol. The first-order valence-electron chi connectivity index (χ1n) is 7.80. The number of carbonyl (C=O) groups excluding carboxylic acids is 1. The molecule has 1 heterocycles. The lowest BCUT2D eigenvalue weighted by Crippen LogP contribution is -2.42. The van der Waals surface area contributed by atoms with Crippen LogP contribution in [0.5, 0.6) is 0 Å². The molecule has 5 nitrogen and oxygen atoms in total. The summed E-state index contributed by atoms with van der Waals surface area (Å²) in [5.41, 5.74) is 0.165. The third kappa shape index (κ3) is 3.07. The van der Waals surface area contributed by atoms with Crippen LogP contribution >= 0.6 is 0 Å². The van der Waals surface area contributed by atoms with Crippen molar-refractivity contribution >= 4 is 11.9 Å². The van der Waals surface area contributed by atoms with Gasteiger partial charge in [-0.25, -0.2) is 0 Å². The topological polar surface area (TPSA) is 66.8 Å². The maximum Gasteiger partial charge on any atom is 0.305 e. The van der Waals surface area contributed by atoms with Crippen LogP contribution in [0, 0.1) is 16.7 Å². The first-order chi connectivity index (χ1) is 9.68. The first kappa shape index (κ1) is 16.3. The second-order valence-corrected chi connectivity index (χ2v) is 7.42.